The van der Waals surface area contributed by atoms with Crippen LogP contribution in [-0.4, -0.2) is 19.3 Å². The van der Waals surface area contributed by atoms with Gasteiger partial charge in [-0.25, -0.2) is 4.98 Å². The molecule has 0 N–H and O–H groups in total. The molecule has 0 aromatic carbocycles. The summed E-state index contributed by atoms with van der Waals surface area (Å²) in [7, 11) is 0. The molecule has 0 atom stereocenters. The van der Waals surface area contributed by atoms with Crippen molar-refractivity contribution in [3.8, 4) is 0 Å². The molecule has 0 aliphatic carbocycles. The fraction of sp³-hybridized carbons (Fsp3) is 0.455. The van der Waals surface area contributed by atoms with E-state index in [4.69, 9.17) is 0 Å². The van der Waals surface area contributed by atoms with Crippen molar-refractivity contribution in [2.75, 3.05) is 0 Å². The molecule has 0 saturated carbocycles. The Morgan fingerprint density at radius 3 is 2.73 bits per heavy atom. The summed E-state index contributed by atoms with van der Waals surface area (Å²) < 4.78 is 4.15. The van der Waals surface area contributed by atoms with Gasteiger partial charge in [-0.3, -0.25) is 4.68 Å². The average Bonchev–Trinajstić information content (AvgIpc) is 2.77. The molecule has 0 radical (unpaired) electrons. The van der Waals surface area contributed by atoms with Gasteiger partial charge in [0, 0.05) is 31.2 Å². The summed E-state index contributed by atoms with van der Waals surface area (Å²) in [6, 6.07) is 2.11. The van der Waals surface area contributed by atoms with Crippen LogP contribution in [0.1, 0.15) is 17.8 Å². The van der Waals surface area contributed by atoms with E-state index in [1.165, 1.54) is 5.69 Å². The van der Waals surface area contributed by atoms with E-state index in [1.54, 1.807) is 0 Å². The summed E-state index contributed by atoms with van der Waals surface area (Å²) in [5.74, 6) is 0. The molecule has 0 bridgehead atoms. The highest BCUT2D eigenvalue weighted by Gasteiger charge is 1.99. The van der Waals surface area contributed by atoms with Gasteiger partial charge in [-0.1, -0.05) is 0 Å². The Morgan fingerprint density at radius 2 is 2.13 bits per heavy atom. The van der Waals surface area contributed by atoms with Crippen molar-refractivity contribution in [1.29, 1.82) is 0 Å². The molecular formula is C11H16N4. The Bertz CT molecular complexity index is 414. The molecule has 0 fully saturated rings. The molecule has 0 aliphatic heterocycles. The number of rotatable bonds is 4. The third kappa shape index (κ3) is 2.46. The number of aromatic nitrogens is 4. The molecule has 4 heteroatoms. The SMILES string of the molecule is Cc1cc(C)n(CCCn2ccnc2)n1. The Hall–Kier alpha value is -1.58. The van der Waals surface area contributed by atoms with Crippen molar-refractivity contribution < 1.29 is 0 Å². The van der Waals surface area contributed by atoms with Gasteiger partial charge in [-0.05, 0) is 26.3 Å². The van der Waals surface area contributed by atoms with E-state index in [-0.39, 0.29) is 0 Å². The first-order valence-electron chi connectivity index (χ1n) is 5.22. The van der Waals surface area contributed by atoms with E-state index >= 15 is 0 Å². The highest BCUT2D eigenvalue weighted by molar-refractivity contribution is 5.06. The van der Waals surface area contributed by atoms with Crippen LogP contribution in [0.15, 0.2) is 24.8 Å². The number of hydrogen-bond acceptors (Lipinski definition) is 2. The summed E-state index contributed by atoms with van der Waals surface area (Å²) in [4.78, 5) is 4.01. The summed E-state index contributed by atoms with van der Waals surface area (Å²) >= 11 is 0. The molecule has 0 amide bonds. The summed E-state index contributed by atoms with van der Waals surface area (Å²) in [6.07, 6.45) is 6.73. The second-order valence-corrected chi connectivity index (χ2v) is 3.80. The highest BCUT2D eigenvalue weighted by Crippen LogP contribution is 2.03. The minimum Gasteiger partial charge on any atom is -0.337 e. The molecule has 0 saturated heterocycles. The molecule has 4 nitrogen and oxygen atoms in total. The molecule has 0 spiro atoms. The van der Waals surface area contributed by atoms with Crippen molar-refractivity contribution in [3.63, 3.8) is 0 Å². The largest absolute Gasteiger partial charge is 0.337 e. The van der Waals surface area contributed by atoms with Crippen LogP contribution in [-0.2, 0) is 13.1 Å². The topological polar surface area (TPSA) is 35.6 Å². The lowest BCUT2D eigenvalue weighted by Crippen LogP contribution is -2.05. The third-order valence-electron chi connectivity index (χ3n) is 2.45. The lowest BCUT2D eigenvalue weighted by molar-refractivity contribution is 0.516. The number of nitrogens with zero attached hydrogens (tertiary/aromatic N) is 4. The van der Waals surface area contributed by atoms with Crippen molar-refractivity contribution in [2.24, 2.45) is 0 Å². The van der Waals surface area contributed by atoms with Gasteiger partial charge in [0.2, 0.25) is 0 Å². The van der Waals surface area contributed by atoms with Crippen molar-refractivity contribution in [2.45, 2.75) is 33.4 Å². The van der Waals surface area contributed by atoms with Crippen LogP contribution in [0.4, 0.5) is 0 Å². The van der Waals surface area contributed by atoms with E-state index in [2.05, 4.69) is 32.3 Å². The van der Waals surface area contributed by atoms with Gasteiger partial charge >= 0.3 is 0 Å². The Kier molecular flexibility index (Phi) is 2.85. The Labute approximate surface area is 89.6 Å². The fourth-order valence-corrected chi connectivity index (χ4v) is 1.72. The molecule has 80 valence electrons. The van der Waals surface area contributed by atoms with Crippen molar-refractivity contribution in [3.05, 3.63) is 36.2 Å². The average molecular weight is 204 g/mol. The van der Waals surface area contributed by atoms with Gasteiger partial charge in [0.05, 0.1) is 12.0 Å². The van der Waals surface area contributed by atoms with Gasteiger partial charge in [0.1, 0.15) is 0 Å². The van der Waals surface area contributed by atoms with Gasteiger partial charge in [0.25, 0.3) is 0 Å². The number of imidazole rings is 1. The highest BCUT2D eigenvalue weighted by atomic mass is 15.3. The van der Waals surface area contributed by atoms with E-state index < -0.39 is 0 Å². The van der Waals surface area contributed by atoms with E-state index in [0.717, 1.165) is 25.2 Å². The Balaban J connectivity index is 1.86. The summed E-state index contributed by atoms with van der Waals surface area (Å²) in [6.45, 7) is 6.09. The first-order valence-corrected chi connectivity index (χ1v) is 5.22. The number of aryl methyl sites for hydroxylation is 4. The van der Waals surface area contributed by atoms with Gasteiger partial charge in [-0.15, -0.1) is 0 Å². The molecule has 0 unspecified atom stereocenters. The third-order valence-corrected chi connectivity index (χ3v) is 2.45. The van der Waals surface area contributed by atoms with Crippen LogP contribution in [0.2, 0.25) is 0 Å². The molecule has 0 aliphatic rings. The van der Waals surface area contributed by atoms with Gasteiger partial charge in [-0.2, -0.15) is 5.10 Å². The molecular weight excluding hydrogens is 188 g/mol. The quantitative estimate of drug-likeness (QED) is 0.761. The zero-order chi connectivity index (χ0) is 10.7. The van der Waals surface area contributed by atoms with Crippen LogP contribution in [0.3, 0.4) is 0 Å². The maximum atomic E-state index is 4.42. The van der Waals surface area contributed by atoms with Crippen molar-refractivity contribution in [1.82, 2.24) is 19.3 Å². The lowest BCUT2D eigenvalue weighted by atomic mass is 10.4. The maximum Gasteiger partial charge on any atom is 0.0945 e. The molecule has 2 rings (SSSR count). The molecule has 15 heavy (non-hydrogen) atoms. The minimum absolute atomic E-state index is 0.970. The first kappa shape index (κ1) is 9.96. The minimum atomic E-state index is 0.970. The predicted molar refractivity (Wildman–Crippen MR) is 58.5 cm³/mol. The van der Waals surface area contributed by atoms with Gasteiger partial charge in [0.15, 0.2) is 0 Å². The molecule has 2 aromatic heterocycles. The second kappa shape index (κ2) is 4.29. The lowest BCUT2D eigenvalue weighted by Gasteiger charge is -2.04. The maximum absolute atomic E-state index is 4.42. The standard InChI is InChI=1S/C11H16N4/c1-10-8-11(2)15(13-10)6-3-5-14-7-4-12-9-14/h4,7-9H,3,5-6H2,1-2H3. The van der Waals surface area contributed by atoms with E-state index in [1.807, 2.05) is 25.6 Å². The van der Waals surface area contributed by atoms with Crippen LogP contribution >= 0.6 is 0 Å². The van der Waals surface area contributed by atoms with Crippen LogP contribution in [0, 0.1) is 13.8 Å². The summed E-state index contributed by atoms with van der Waals surface area (Å²) in [5.41, 5.74) is 2.33. The predicted octanol–water partition coefficient (Wildman–Crippen LogP) is 1.79. The normalized spacial score (nSPS) is 10.8. The zero-order valence-electron chi connectivity index (χ0n) is 9.22. The van der Waals surface area contributed by atoms with Crippen LogP contribution in [0.5, 0.6) is 0 Å². The van der Waals surface area contributed by atoms with Gasteiger partial charge < -0.3 is 4.57 Å². The second-order valence-electron chi connectivity index (χ2n) is 3.80. The Morgan fingerprint density at radius 1 is 1.27 bits per heavy atom. The van der Waals surface area contributed by atoms with E-state index in [0.29, 0.717) is 0 Å². The van der Waals surface area contributed by atoms with Crippen molar-refractivity contribution >= 4 is 0 Å². The molecule has 2 heterocycles. The van der Waals surface area contributed by atoms with Crippen LogP contribution < -0.4 is 0 Å². The first-order chi connectivity index (χ1) is 7.25. The fourth-order valence-electron chi connectivity index (χ4n) is 1.72. The van der Waals surface area contributed by atoms with Crippen LogP contribution in [0.25, 0.3) is 0 Å². The molecule has 2 aromatic rings. The summed E-state index contributed by atoms with van der Waals surface area (Å²) in [5, 5.41) is 4.42. The smallest absolute Gasteiger partial charge is 0.0945 e. The number of hydrogen-bond donors (Lipinski definition) is 0. The zero-order valence-corrected chi connectivity index (χ0v) is 9.22. The van der Waals surface area contributed by atoms with E-state index in [9.17, 15) is 0 Å². The monoisotopic (exact) mass is 204 g/mol.